The summed E-state index contributed by atoms with van der Waals surface area (Å²) >= 11 is 0. The highest BCUT2D eigenvalue weighted by atomic mass is 16.3. The molecule has 0 radical (unpaired) electrons. The van der Waals surface area contributed by atoms with Crippen LogP contribution in [0.5, 0.6) is 0 Å². The average molecular weight is 839 g/mol. The third-order valence-electron chi connectivity index (χ3n) is 14.8. The van der Waals surface area contributed by atoms with Gasteiger partial charge in [-0.15, -0.1) is 0 Å². The Balaban J connectivity index is 1.05. The van der Waals surface area contributed by atoms with Gasteiger partial charge in [0.15, 0.2) is 0 Å². The van der Waals surface area contributed by atoms with Gasteiger partial charge in [-0.05, 0) is 104 Å². The van der Waals surface area contributed by atoms with E-state index in [1.165, 1.54) is 76.8 Å². The summed E-state index contributed by atoms with van der Waals surface area (Å²) in [5, 5.41) is 9.52. The fourth-order valence-corrected chi connectivity index (χ4v) is 12.2. The molecule has 3 heteroatoms. The first-order valence-electron chi connectivity index (χ1n) is 22.8. The van der Waals surface area contributed by atoms with E-state index in [1.807, 2.05) is 6.07 Å². The normalized spacial score (nSPS) is 13.3. The Morgan fingerprint density at radius 3 is 1.71 bits per heavy atom. The van der Waals surface area contributed by atoms with E-state index < -0.39 is 5.41 Å². The largest absolute Gasteiger partial charge is 0.456 e. The highest BCUT2D eigenvalue weighted by molar-refractivity contribution is 6.17. The first-order valence-corrected chi connectivity index (χ1v) is 22.8. The Morgan fingerprint density at radius 2 is 0.909 bits per heavy atom. The van der Waals surface area contributed by atoms with Gasteiger partial charge in [0.1, 0.15) is 11.2 Å². The summed E-state index contributed by atoms with van der Waals surface area (Å²) in [6, 6.07) is 85.3. The summed E-state index contributed by atoms with van der Waals surface area (Å²) in [5.74, 6) is 0. The van der Waals surface area contributed by atoms with Crippen molar-refractivity contribution in [1.82, 2.24) is 4.57 Å². The Bertz CT molecular complexity index is 4150. The molecule has 2 aliphatic rings. The summed E-state index contributed by atoms with van der Waals surface area (Å²) in [6.45, 7) is 0. The van der Waals surface area contributed by atoms with Crippen molar-refractivity contribution >= 4 is 82.4 Å². The minimum absolute atomic E-state index is 0.489. The molecule has 0 unspecified atom stereocenters. The number of furan rings is 1. The second-order valence-electron chi connectivity index (χ2n) is 17.9. The van der Waals surface area contributed by atoms with E-state index in [4.69, 9.17) is 4.42 Å². The minimum Gasteiger partial charge on any atom is -0.456 e. The molecule has 15 rings (SSSR count). The van der Waals surface area contributed by atoms with Gasteiger partial charge < -0.3 is 13.9 Å². The van der Waals surface area contributed by atoms with Crippen LogP contribution in [0.2, 0.25) is 0 Å². The van der Waals surface area contributed by atoms with E-state index in [-0.39, 0.29) is 0 Å². The van der Waals surface area contributed by atoms with Crippen LogP contribution in [0.1, 0.15) is 22.3 Å². The molecule has 2 aromatic heterocycles. The maximum atomic E-state index is 6.48. The molecule has 0 atom stereocenters. The third-order valence-corrected chi connectivity index (χ3v) is 14.8. The molecule has 0 aliphatic heterocycles. The quantitative estimate of drug-likeness (QED) is 0.176. The van der Waals surface area contributed by atoms with Crippen LogP contribution in [-0.2, 0) is 5.41 Å². The average Bonchev–Trinajstić information content (AvgIpc) is 4.03. The summed E-state index contributed by atoms with van der Waals surface area (Å²) < 4.78 is 8.93. The van der Waals surface area contributed by atoms with Gasteiger partial charge in [-0.2, -0.15) is 0 Å². The van der Waals surface area contributed by atoms with Crippen LogP contribution in [-0.4, -0.2) is 4.57 Å². The van der Waals surface area contributed by atoms with Gasteiger partial charge in [-0.3, -0.25) is 0 Å². The van der Waals surface area contributed by atoms with Crippen molar-refractivity contribution in [2.75, 3.05) is 4.90 Å². The summed E-state index contributed by atoms with van der Waals surface area (Å²) in [5.41, 5.74) is 18.5. The summed E-state index contributed by atoms with van der Waals surface area (Å²) in [4.78, 5) is 2.52. The Hall–Kier alpha value is -8.66. The predicted molar refractivity (Wildman–Crippen MR) is 274 cm³/mol. The van der Waals surface area contributed by atoms with E-state index in [2.05, 4.69) is 234 Å². The molecular formula is C63H38N2O. The third kappa shape index (κ3) is 4.56. The van der Waals surface area contributed by atoms with Gasteiger partial charge in [0.25, 0.3) is 0 Å². The molecule has 306 valence electrons. The van der Waals surface area contributed by atoms with Gasteiger partial charge in [0.05, 0.1) is 38.9 Å². The highest BCUT2D eigenvalue weighted by Gasteiger charge is 2.50. The van der Waals surface area contributed by atoms with Crippen LogP contribution < -0.4 is 4.90 Å². The van der Waals surface area contributed by atoms with E-state index >= 15 is 0 Å². The smallest absolute Gasteiger partial charge is 0.137 e. The number of hydrogen-bond acceptors (Lipinski definition) is 2. The monoisotopic (exact) mass is 838 g/mol. The number of nitrogens with zero attached hydrogens (tertiary/aromatic N) is 2. The van der Waals surface area contributed by atoms with Gasteiger partial charge in [-0.1, -0.05) is 182 Å². The van der Waals surface area contributed by atoms with E-state index in [1.54, 1.807) is 0 Å². The Kier molecular flexibility index (Phi) is 7.15. The number of rotatable bonds is 4. The van der Waals surface area contributed by atoms with Crippen molar-refractivity contribution in [2.45, 2.75) is 5.41 Å². The lowest BCUT2D eigenvalue weighted by atomic mass is 9.61. The standard InChI is InChI=1S/C63H38N2O/c1-2-18-41-39(16-1)17-13-30-54(41)64(40-34-35-46-45-22-6-11-29-55(45)65(58(46)38-40)57-31-15-33-60-62(57)49-23-7-12-32-59(49)66-60)56-37-36-47-44-21-5-10-27-52(44)63(53-28-14-24-48(56)61(47)53)50-25-8-3-19-42(50)43-20-4-9-26-51(43)63/h1-38H. The van der Waals surface area contributed by atoms with Crippen LogP contribution in [0.3, 0.4) is 0 Å². The van der Waals surface area contributed by atoms with Gasteiger partial charge in [-0.25, -0.2) is 0 Å². The van der Waals surface area contributed by atoms with Gasteiger partial charge in [0, 0.05) is 32.6 Å². The molecule has 13 aromatic rings. The minimum atomic E-state index is -0.489. The number of fused-ring (bicyclic) bond motifs is 16. The lowest BCUT2D eigenvalue weighted by Gasteiger charge is -2.40. The fourth-order valence-electron chi connectivity index (χ4n) is 12.2. The van der Waals surface area contributed by atoms with Crippen molar-refractivity contribution < 1.29 is 4.42 Å². The molecule has 0 bridgehead atoms. The van der Waals surface area contributed by atoms with Crippen LogP contribution in [0.25, 0.3) is 93.2 Å². The van der Waals surface area contributed by atoms with E-state index in [0.29, 0.717) is 0 Å². The molecule has 0 amide bonds. The van der Waals surface area contributed by atoms with Crippen molar-refractivity contribution in [3.05, 3.63) is 253 Å². The number of hydrogen-bond donors (Lipinski definition) is 0. The maximum Gasteiger partial charge on any atom is 0.137 e. The summed E-state index contributed by atoms with van der Waals surface area (Å²) in [7, 11) is 0. The number of benzene rings is 11. The molecule has 0 saturated carbocycles. The van der Waals surface area contributed by atoms with Crippen LogP contribution in [0.4, 0.5) is 17.1 Å². The van der Waals surface area contributed by atoms with Crippen molar-refractivity contribution in [1.29, 1.82) is 0 Å². The number of aromatic nitrogens is 1. The van der Waals surface area contributed by atoms with E-state index in [9.17, 15) is 0 Å². The number of anilines is 3. The highest BCUT2D eigenvalue weighted by Crippen LogP contribution is 2.62. The first kappa shape index (κ1) is 35.8. The Morgan fingerprint density at radius 1 is 0.348 bits per heavy atom. The molecule has 2 aliphatic carbocycles. The molecular weight excluding hydrogens is 801 g/mol. The topological polar surface area (TPSA) is 21.3 Å². The van der Waals surface area contributed by atoms with Crippen LogP contribution in [0.15, 0.2) is 235 Å². The van der Waals surface area contributed by atoms with Gasteiger partial charge >= 0.3 is 0 Å². The summed E-state index contributed by atoms with van der Waals surface area (Å²) in [6.07, 6.45) is 0. The first-order chi connectivity index (χ1) is 32.8. The molecule has 0 fully saturated rings. The van der Waals surface area contributed by atoms with Crippen molar-refractivity contribution in [2.24, 2.45) is 0 Å². The van der Waals surface area contributed by atoms with Crippen molar-refractivity contribution in [3.8, 4) is 27.9 Å². The fraction of sp³-hybridized carbons (Fsp3) is 0.0159. The molecule has 0 N–H and O–H groups in total. The Labute approximate surface area is 380 Å². The molecule has 66 heavy (non-hydrogen) atoms. The van der Waals surface area contributed by atoms with Crippen LogP contribution in [0, 0.1) is 0 Å². The zero-order chi connectivity index (χ0) is 43.1. The maximum absolute atomic E-state index is 6.48. The van der Waals surface area contributed by atoms with Crippen LogP contribution >= 0.6 is 0 Å². The lowest BCUT2D eigenvalue weighted by Crippen LogP contribution is -2.31. The van der Waals surface area contributed by atoms with Crippen molar-refractivity contribution in [3.63, 3.8) is 0 Å². The lowest BCUT2D eigenvalue weighted by molar-refractivity contribution is 0.669. The van der Waals surface area contributed by atoms with Gasteiger partial charge in [0.2, 0.25) is 0 Å². The zero-order valence-corrected chi connectivity index (χ0v) is 35.7. The van der Waals surface area contributed by atoms with E-state index in [0.717, 1.165) is 55.7 Å². The SMILES string of the molecule is c1ccc2c(c1)-c1ccccc1C21c2ccccc2-c2ccc(N(c3ccc4c5ccccc5n(-c5cccc6oc7ccccc7c56)c4c3)c3cccc4ccccc34)c3cccc1c23. The molecule has 0 saturated heterocycles. The number of para-hydroxylation sites is 2. The predicted octanol–water partition coefficient (Wildman–Crippen LogP) is 16.8. The molecule has 11 aromatic carbocycles. The second kappa shape index (κ2) is 13.2. The molecule has 1 spiro atoms. The molecule has 2 heterocycles. The molecule has 3 nitrogen and oxygen atoms in total. The zero-order valence-electron chi connectivity index (χ0n) is 35.7. The second-order valence-corrected chi connectivity index (χ2v) is 17.9.